The Bertz CT molecular complexity index is 3090. The molecule has 0 aliphatic rings. The Morgan fingerprint density at radius 2 is 0.588 bits per heavy atom. The van der Waals surface area contributed by atoms with Gasteiger partial charge >= 0.3 is 23.9 Å². The summed E-state index contributed by atoms with van der Waals surface area (Å²) in [6.45, 7) is -2.11. The van der Waals surface area contributed by atoms with E-state index in [2.05, 4.69) is 21.4 Å². The van der Waals surface area contributed by atoms with Crippen molar-refractivity contribution in [3.63, 3.8) is 0 Å². The maximum atomic E-state index is 12.6. The molecule has 0 aliphatic carbocycles. The molecule has 0 saturated heterocycles. The van der Waals surface area contributed by atoms with Crippen molar-refractivity contribution in [3.8, 4) is 69.0 Å². The van der Waals surface area contributed by atoms with Crippen LogP contribution in [0.4, 0.5) is 0 Å². The van der Waals surface area contributed by atoms with E-state index in [4.69, 9.17) is 155 Å². The van der Waals surface area contributed by atoms with Gasteiger partial charge in [-0.3, -0.25) is 9.59 Å². The molecular formula is C55H42Cl10O19S. The Kier molecular flexibility index (Phi) is 32.7. The highest BCUT2D eigenvalue weighted by molar-refractivity contribution is 8.26. The third-order valence-corrected chi connectivity index (χ3v) is 10.8. The van der Waals surface area contributed by atoms with Gasteiger partial charge < -0.3 is 57.6 Å². The molecule has 0 heterocycles. The molecular weight excluding hydrogens is 1350 g/mol. The fourth-order valence-corrected chi connectivity index (χ4v) is 7.03. The number of ether oxygens (including phenoxy) is 10. The molecule has 0 spiro atoms. The van der Waals surface area contributed by atoms with Crippen LogP contribution in [-0.4, -0.2) is 88.4 Å². The maximum absolute atomic E-state index is 12.6. The Morgan fingerprint density at radius 3 is 0.835 bits per heavy atom. The summed E-state index contributed by atoms with van der Waals surface area (Å²) in [5.74, 6) is -0.0756. The fourth-order valence-electron chi connectivity index (χ4n) is 5.70. The van der Waals surface area contributed by atoms with Crippen LogP contribution in [0.1, 0.15) is 7.43 Å². The van der Waals surface area contributed by atoms with Crippen LogP contribution in [0, 0.1) is 0 Å². The van der Waals surface area contributed by atoms with Crippen molar-refractivity contribution in [2.45, 2.75) is 7.43 Å². The molecule has 0 radical (unpaired) electrons. The molecule has 85 heavy (non-hydrogen) atoms. The first-order valence-corrected chi connectivity index (χ1v) is 28.6. The van der Waals surface area contributed by atoms with Gasteiger partial charge in [-0.2, -0.15) is 0 Å². The number of esters is 2. The minimum absolute atomic E-state index is 0. The molecule has 0 amide bonds. The lowest BCUT2D eigenvalue weighted by atomic mass is 10.3. The second kappa shape index (κ2) is 38.3. The summed E-state index contributed by atoms with van der Waals surface area (Å²) in [5, 5.41) is 17.6. The van der Waals surface area contributed by atoms with E-state index in [1.807, 2.05) is 0 Å². The SMILES string of the molecule is C.O=C(COc1ccc(OCC(=O)Oc2cc(Cl)ccc2Oc2ccc(Cl)cc2Cl)cc1)Oc1cc(Cl)ccc1Oc1ccc(Cl)cc1Cl.O=C(Cl)COc1ccc(OCC(=O)Cl)cc1.O=C(O)COc1ccc(OCC(=O)O)cc1.O=S(Cl)Cl. The van der Waals surface area contributed by atoms with E-state index in [1.54, 1.807) is 84.9 Å². The van der Waals surface area contributed by atoms with E-state index in [0.29, 0.717) is 66.1 Å². The standard InChI is InChI=1S/C34H20Cl6O8.C10H8Cl2O4.C10H10O6.CH4.Cl2OS/c35-19-1-9-27(25(39)13-19)45-29-11-3-21(37)15-31(29)47-33(41)17-43-23-5-7-24(8-6-23)44-18-34(42)48-32-16-22(38)4-12-30(32)46-28-10-2-20(36)14-26(28)40;11-9(13)5-15-7-1-2-8(4-3-7)16-6-10(12)14;11-9(12)5-15-7-1-2-8(4-3-7)16-6-10(13)14;;1-4(2)3/h1-16H,17-18H2;1-4H,5-6H2;1-4H,5-6H2,(H,11,12)(H,13,14);1H4;. The molecule has 0 bridgehead atoms. The van der Waals surface area contributed by atoms with Crippen molar-refractivity contribution in [1.29, 1.82) is 0 Å². The molecule has 7 rings (SSSR count). The van der Waals surface area contributed by atoms with E-state index < -0.39 is 70.0 Å². The lowest BCUT2D eigenvalue weighted by Gasteiger charge is -2.14. The van der Waals surface area contributed by atoms with Gasteiger partial charge in [-0.25, -0.2) is 23.4 Å². The van der Waals surface area contributed by atoms with Crippen molar-refractivity contribution in [1.82, 2.24) is 0 Å². The zero-order valence-electron chi connectivity index (χ0n) is 42.1. The highest BCUT2D eigenvalue weighted by atomic mass is 36.0. The smallest absolute Gasteiger partial charge is 0.349 e. The lowest BCUT2D eigenvalue weighted by Crippen LogP contribution is -2.18. The second-order valence-corrected chi connectivity index (χ2v) is 21.2. The van der Waals surface area contributed by atoms with Gasteiger partial charge in [0, 0.05) is 53.6 Å². The Hall–Kier alpha value is -6.79. The van der Waals surface area contributed by atoms with Gasteiger partial charge in [0.05, 0.1) is 10.0 Å². The summed E-state index contributed by atoms with van der Waals surface area (Å²) in [7, 11) is 7.36. The zero-order chi connectivity index (χ0) is 61.7. The van der Waals surface area contributed by atoms with E-state index in [0.717, 1.165) is 0 Å². The van der Waals surface area contributed by atoms with Gasteiger partial charge in [-0.1, -0.05) is 77.0 Å². The molecule has 0 aliphatic heterocycles. The summed E-state index contributed by atoms with van der Waals surface area (Å²) in [4.78, 5) is 66.4. The monoisotopic (exact) mass is 1390 g/mol. The van der Waals surface area contributed by atoms with Crippen LogP contribution in [0.5, 0.6) is 69.0 Å². The quantitative estimate of drug-likeness (QED) is 0.0324. The van der Waals surface area contributed by atoms with Gasteiger partial charge in [-0.05, 0) is 157 Å². The molecule has 0 unspecified atom stereocenters. The highest BCUT2D eigenvalue weighted by Crippen LogP contribution is 2.39. The minimum Gasteiger partial charge on any atom is -0.484 e. The first kappa shape index (κ1) is 72.5. The van der Waals surface area contributed by atoms with Crippen LogP contribution in [0.25, 0.3) is 0 Å². The number of carboxylic acids is 2. The van der Waals surface area contributed by atoms with E-state index in [1.165, 1.54) is 60.7 Å². The predicted molar refractivity (Wildman–Crippen MR) is 323 cm³/mol. The molecule has 452 valence electrons. The largest absolute Gasteiger partial charge is 0.484 e. The first-order chi connectivity index (χ1) is 39.9. The number of benzene rings is 7. The number of hydrogen-bond donors (Lipinski definition) is 2. The third-order valence-electron chi connectivity index (χ3n) is 9.10. The van der Waals surface area contributed by atoms with Gasteiger partial charge in [-0.15, -0.1) is 0 Å². The lowest BCUT2D eigenvalue weighted by molar-refractivity contribution is -0.140. The number of halogens is 10. The number of rotatable bonds is 24. The van der Waals surface area contributed by atoms with E-state index in [9.17, 15) is 28.8 Å². The average Bonchev–Trinajstić information content (AvgIpc) is 3.62. The van der Waals surface area contributed by atoms with Crippen LogP contribution < -0.4 is 47.4 Å². The zero-order valence-corrected chi connectivity index (χ0v) is 50.5. The molecule has 0 aromatic heterocycles. The average molecular weight is 1390 g/mol. The highest BCUT2D eigenvalue weighted by Gasteiger charge is 2.17. The van der Waals surface area contributed by atoms with Gasteiger partial charge in [0.25, 0.3) is 10.5 Å². The minimum atomic E-state index is -1.67. The topological polar surface area (TPSA) is 252 Å². The predicted octanol–water partition coefficient (Wildman–Crippen LogP) is 15.4. The van der Waals surface area contributed by atoms with Crippen LogP contribution in [0.3, 0.4) is 0 Å². The molecule has 19 nitrogen and oxygen atoms in total. The molecule has 7 aromatic rings. The van der Waals surface area contributed by atoms with Crippen molar-refractivity contribution < 1.29 is 90.6 Å². The van der Waals surface area contributed by atoms with Crippen LogP contribution in [-0.2, 0) is 38.0 Å². The fraction of sp³-hybridized carbons (Fsp3) is 0.127. The van der Waals surface area contributed by atoms with Gasteiger partial charge in [0.2, 0.25) is 9.23 Å². The maximum Gasteiger partial charge on any atom is 0.349 e. The molecule has 0 saturated carbocycles. The van der Waals surface area contributed by atoms with Crippen LogP contribution in [0.15, 0.2) is 146 Å². The normalized spacial score (nSPS) is 10.0. The van der Waals surface area contributed by atoms with E-state index >= 15 is 0 Å². The summed E-state index contributed by atoms with van der Waals surface area (Å²) in [6, 6.07) is 37.0. The third kappa shape index (κ3) is 29.7. The van der Waals surface area contributed by atoms with Crippen LogP contribution >= 0.6 is 114 Å². The number of hydrogen-bond acceptors (Lipinski definition) is 17. The summed E-state index contributed by atoms with van der Waals surface area (Å²) < 4.78 is 62.4. The Balaban J connectivity index is 0.000000415. The number of carbonyl (C=O) groups excluding carboxylic acids is 4. The summed E-state index contributed by atoms with van der Waals surface area (Å²) in [6.07, 6.45) is 0. The summed E-state index contributed by atoms with van der Waals surface area (Å²) >= 11 is 46.7. The Labute approximate surface area is 536 Å². The van der Waals surface area contributed by atoms with Crippen molar-refractivity contribution >= 4 is 158 Å². The summed E-state index contributed by atoms with van der Waals surface area (Å²) in [5.41, 5.74) is 0. The molecule has 2 N–H and O–H groups in total. The second-order valence-electron chi connectivity index (χ2n) is 15.3. The molecule has 0 atom stereocenters. The van der Waals surface area contributed by atoms with Gasteiger partial charge in [0.15, 0.2) is 62.6 Å². The number of aliphatic carboxylic acids is 2. The number of carbonyl (C=O) groups is 6. The van der Waals surface area contributed by atoms with E-state index in [-0.39, 0.29) is 53.7 Å². The Morgan fingerprint density at radius 1 is 0.353 bits per heavy atom. The van der Waals surface area contributed by atoms with Crippen LogP contribution in [0.2, 0.25) is 30.1 Å². The molecule has 30 heteroatoms. The molecule has 0 fully saturated rings. The molecule has 7 aromatic carbocycles. The van der Waals surface area contributed by atoms with Crippen molar-refractivity contribution in [3.05, 3.63) is 176 Å². The van der Waals surface area contributed by atoms with Gasteiger partial charge in [0.1, 0.15) is 46.0 Å². The van der Waals surface area contributed by atoms with Crippen molar-refractivity contribution in [2.75, 3.05) is 39.6 Å². The van der Waals surface area contributed by atoms with Crippen molar-refractivity contribution in [2.24, 2.45) is 0 Å². The number of carboxylic acid groups (broad SMARTS) is 2. The first-order valence-electron chi connectivity index (χ1n) is 22.8.